The SMILES string of the molecule is FC(F)(F)c1cc(Oc2cc(Br)ccc2Cl)ccc1CCl. The molecular weight excluding hydrogens is 392 g/mol. The Balaban J connectivity index is 2.39. The normalized spacial score (nSPS) is 11.5. The van der Waals surface area contributed by atoms with E-state index in [4.69, 9.17) is 27.9 Å². The zero-order chi connectivity index (χ0) is 15.6. The van der Waals surface area contributed by atoms with E-state index in [0.717, 1.165) is 6.07 Å². The Morgan fingerprint density at radius 1 is 1.10 bits per heavy atom. The summed E-state index contributed by atoms with van der Waals surface area (Å²) in [5.41, 5.74) is -0.821. The zero-order valence-electron chi connectivity index (χ0n) is 10.3. The van der Waals surface area contributed by atoms with Crippen LogP contribution in [0.4, 0.5) is 13.2 Å². The molecule has 0 unspecified atom stereocenters. The predicted octanol–water partition coefficient (Wildman–Crippen LogP) is 6.65. The molecule has 0 amide bonds. The smallest absolute Gasteiger partial charge is 0.416 e. The molecule has 0 aliphatic rings. The fourth-order valence-corrected chi connectivity index (χ4v) is 2.41. The molecule has 0 aliphatic carbocycles. The summed E-state index contributed by atoms with van der Waals surface area (Å²) in [6.45, 7) is 0. The largest absolute Gasteiger partial charge is 0.456 e. The quantitative estimate of drug-likeness (QED) is 0.525. The molecule has 0 heterocycles. The molecule has 0 atom stereocenters. The number of rotatable bonds is 3. The summed E-state index contributed by atoms with van der Waals surface area (Å²) in [4.78, 5) is 0. The van der Waals surface area contributed by atoms with Crippen LogP contribution in [0.3, 0.4) is 0 Å². The molecular formula is C14H8BrCl2F3O. The monoisotopic (exact) mass is 398 g/mol. The van der Waals surface area contributed by atoms with Crippen molar-refractivity contribution < 1.29 is 17.9 Å². The third-order valence-corrected chi connectivity index (χ3v) is 3.75. The lowest BCUT2D eigenvalue weighted by Crippen LogP contribution is -2.08. The molecule has 0 N–H and O–H groups in total. The second-order valence-corrected chi connectivity index (χ2v) is 5.72. The van der Waals surface area contributed by atoms with Crippen molar-refractivity contribution in [3.05, 3.63) is 57.0 Å². The Labute approximate surface area is 137 Å². The van der Waals surface area contributed by atoms with Crippen molar-refractivity contribution in [1.29, 1.82) is 0 Å². The standard InChI is InChI=1S/C14H8BrCl2F3O/c15-9-2-4-12(17)13(5-9)21-10-3-1-8(7-16)11(6-10)14(18,19)20/h1-6H,7H2. The van der Waals surface area contributed by atoms with Gasteiger partial charge in [-0.05, 0) is 35.9 Å². The first kappa shape index (κ1) is 16.5. The maximum atomic E-state index is 12.9. The molecule has 2 rings (SSSR count). The molecule has 0 fully saturated rings. The Morgan fingerprint density at radius 3 is 2.43 bits per heavy atom. The lowest BCUT2D eigenvalue weighted by molar-refractivity contribution is -0.138. The first-order chi connectivity index (χ1) is 9.81. The van der Waals surface area contributed by atoms with Crippen LogP contribution >= 0.6 is 39.1 Å². The molecule has 0 saturated carbocycles. The lowest BCUT2D eigenvalue weighted by atomic mass is 10.1. The average Bonchev–Trinajstić information content (AvgIpc) is 2.42. The van der Waals surface area contributed by atoms with Crippen LogP contribution in [0.1, 0.15) is 11.1 Å². The molecule has 112 valence electrons. The van der Waals surface area contributed by atoms with Gasteiger partial charge in [0.05, 0.1) is 10.6 Å². The Bertz CT molecular complexity index is 659. The van der Waals surface area contributed by atoms with Gasteiger partial charge < -0.3 is 4.74 Å². The van der Waals surface area contributed by atoms with E-state index in [1.54, 1.807) is 18.2 Å². The fraction of sp³-hybridized carbons (Fsp3) is 0.143. The van der Waals surface area contributed by atoms with Gasteiger partial charge in [-0.15, -0.1) is 11.6 Å². The van der Waals surface area contributed by atoms with Gasteiger partial charge in [0.1, 0.15) is 11.5 Å². The predicted molar refractivity (Wildman–Crippen MR) is 80.2 cm³/mol. The first-order valence-electron chi connectivity index (χ1n) is 5.70. The minimum Gasteiger partial charge on any atom is -0.456 e. The van der Waals surface area contributed by atoms with Gasteiger partial charge in [0.25, 0.3) is 0 Å². The van der Waals surface area contributed by atoms with Crippen molar-refractivity contribution in [3.63, 3.8) is 0 Å². The second kappa shape index (κ2) is 6.46. The minimum atomic E-state index is -4.50. The Hall–Kier alpha value is -0.910. The van der Waals surface area contributed by atoms with Crippen molar-refractivity contribution in [2.45, 2.75) is 12.1 Å². The molecule has 0 saturated heterocycles. The number of halogens is 6. The number of alkyl halides is 4. The lowest BCUT2D eigenvalue weighted by Gasteiger charge is -2.14. The van der Waals surface area contributed by atoms with Gasteiger partial charge in [0.2, 0.25) is 0 Å². The zero-order valence-corrected chi connectivity index (χ0v) is 13.4. The van der Waals surface area contributed by atoms with E-state index in [1.165, 1.54) is 12.1 Å². The minimum absolute atomic E-state index is 0.00291. The highest BCUT2D eigenvalue weighted by Crippen LogP contribution is 2.37. The highest BCUT2D eigenvalue weighted by molar-refractivity contribution is 9.10. The van der Waals surface area contributed by atoms with Crippen LogP contribution in [0, 0.1) is 0 Å². The van der Waals surface area contributed by atoms with Crippen LogP contribution in [0.25, 0.3) is 0 Å². The molecule has 2 aromatic carbocycles. The van der Waals surface area contributed by atoms with E-state index in [0.29, 0.717) is 9.50 Å². The summed E-state index contributed by atoms with van der Waals surface area (Å²) < 4.78 is 45.0. The van der Waals surface area contributed by atoms with E-state index in [1.807, 2.05) is 0 Å². The van der Waals surface area contributed by atoms with Crippen LogP contribution in [-0.4, -0.2) is 0 Å². The van der Waals surface area contributed by atoms with Crippen molar-refractivity contribution in [3.8, 4) is 11.5 Å². The van der Waals surface area contributed by atoms with Gasteiger partial charge in [0.15, 0.2) is 0 Å². The van der Waals surface area contributed by atoms with E-state index >= 15 is 0 Å². The number of hydrogen-bond donors (Lipinski definition) is 0. The molecule has 0 bridgehead atoms. The molecule has 2 aromatic rings. The van der Waals surface area contributed by atoms with Gasteiger partial charge in [-0.2, -0.15) is 13.2 Å². The summed E-state index contributed by atoms with van der Waals surface area (Å²) in [7, 11) is 0. The summed E-state index contributed by atoms with van der Waals surface area (Å²) in [5, 5.41) is 0.299. The van der Waals surface area contributed by atoms with Gasteiger partial charge in [-0.3, -0.25) is 0 Å². The van der Waals surface area contributed by atoms with E-state index in [2.05, 4.69) is 15.9 Å². The molecule has 1 nitrogen and oxygen atoms in total. The first-order valence-corrected chi connectivity index (χ1v) is 7.41. The van der Waals surface area contributed by atoms with Gasteiger partial charge in [-0.25, -0.2) is 0 Å². The molecule has 7 heteroatoms. The summed E-state index contributed by atoms with van der Waals surface area (Å²) >= 11 is 14.7. The van der Waals surface area contributed by atoms with Crippen LogP contribution in [0.5, 0.6) is 11.5 Å². The highest BCUT2D eigenvalue weighted by Gasteiger charge is 2.33. The maximum absolute atomic E-state index is 12.9. The average molecular weight is 400 g/mol. The van der Waals surface area contributed by atoms with Crippen LogP contribution in [0.2, 0.25) is 5.02 Å². The van der Waals surface area contributed by atoms with E-state index in [-0.39, 0.29) is 22.9 Å². The maximum Gasteiger partial charge on any atom is 0.416 e. The molecule has 21 heavy (non-hydrogen) atoms. The Kier molecular flexibility index (Phi) is 5.07. The number of ether oxygens (including phenoxy) is 1. The third kappa shape index (κ3) is 4.05. The van der Waals surface area contributed by atoms with Crippen molar-refractivity contribution >= 4 is 39.1 Å². The number of benzene rings is 2. The summed E-state index contributed by atoms with van der Waals surface area (Å²) in [5.74, 6) is 0.0706. The van der Waals surface area contributed by atoms with E-state index < -0.39 is 11.7 Å². The third-order valence-electron chi connectivity index (χ3n) is 2.65. The Morgan fingerprint density at radius 2 is 1.81 bits per heavy atom. The van der Waals surface area contributed by atoms with Crippen molar-refractivity contribution in [2.24, 2.45) is 0 Å². The molecule has 0 radical (unpaired) electrons. The molecule has 0 aromatic heterocycles. The van der Waals surface area contributed by atoms with E-state index in [9.17, 15) is 13.2 Å². The van der Waals surface area contributed by atoms with Gasteiger partial charge in [0, 0.05) is 10.4 Å². The van der Waals surface area contributed by atoms with Crippen molar-refractivity contribution in [1.82, 2.24) is 0 Å². The molecule has 0 spiro atoms. The van der Waals surface area contributed by atoms with Gasteiger partial charge in [-0.1, -0.05) is 33.6 Å². The van der Waals surface area contributed by atoms with Crippen LogP contribution in [0.15, 0.2) is 40.9 Å². The topological polar surface area (TPSA) is 9.23 Å². The van der Waals surface area contributed by atoms with Crippen molar-refractivity contribution in [2.75, 3.05) is 0 Å². The number of hydrogen-bond acceptors (Lipinski definition) is 1. The van der Waals surface area contributed by atoms with Gasteiger partial charge >= 0.3 is 6.18 Å². The van der Waals surface area contributed by atoms with Crippen LogP contribution < -0.4 is 4.74 Å². The fourth-order valence-electron chi connectivity index (χ4n) is 1.68. The highest BCUT2D eigenvalue weighted by atomic mass is 79.9. The molecule has 0 aliphatic heterocycles. The van der Waals surface area contributed by atoms with Crippen LogP contribution in [-0.2, 0) is 12.1 Å². The summed E-state index contributed by atoms with van der Waals surface area (Å²) in [6.07, 6.45) is -4.50. The summed E-state index contributed by atoms with van der Waals surface area (Å²) in [6, 6.07) is 8.48. The second-order valence-electron chi connectivity index (χ2n) is 4.13.